The van der Waals surface area contributed by atoms with Crippen molar-refractivity contribution in [2.75, 3.05) is 13.1 Å². The molecule has 0 bridgehead atoms. The number of amidine groups is 1. The first-order chi connectivity index (χ1) is 14.9. The smallest absolute Gasteiger partial charge is 0.242 e. The number of nitrogens with one attached hydrogen (secondary N) is 2. The fraction of sp³-hybridized carbons (Fsp3) is 0.522. The van der Waals surface area contributed by atoms with Crippen molar-refractivity contribution in [2.45, 2.75) is 64.8 Å². The van der Waals surface area contributed by atoms with Crippen molar-refractivity contribution in [1.29, 1.82) is 5.41 Å². The zero-order chi connectivity index (χ0) is 22.8. The summed E-state index contributed by atoms with van der Waals surface area (Å²) in [5.41, 5.74) is 1.81. The van der Waals surface area contributed by atoms with Gasteiger partial charge in [0.05, 0.1) is 18.3 Å². The topological polar surface area (TPSA) is 68.5 Å². The van der Waals surface area contributed by atoms with Crippen LogP contribution in [0.15, 0.2) is 51.4 Å². The Labute approximate surface area is 188 Å². The van der Waals surface area contributed by atoms with E-state index in [4.69, 9.17) is 5.41 Å². The predicted octanol–water partition coefficient (Wildman–Crippen LogP) is 5.44. The van der Waals surface area contributed by atoms with Crippen molar-refractivity contribution in [3.63, 3.8) is 0 Å². The van der Waals surface area contributed by atoms with Crippen molar-refractivity contribution in [1.82, 2.24) is 10.2 Å². The minimum atomic E-state index is -2.43. The molecule has 0 spiro atoms. The van der Waals surface area contributed by atoms with Gasteiger partial charge in [0.1, 0.15) is 5.84 Å². The SMILES string of the molecule is C=C(S/C=C\C)C1=NCC(C(=N)/C=C\CC(F)F)=C2CC(NC(=O)CCCCC)CN12. The van der Waals surface area contributed by atoms with Crippen molar-refractivity contribution < 1.29 is 13.6 Å². The van der Waals surface area contributed by atoms with E-state index in [1.165, 1.54) is 23.9 Å². The van der Waals surface area contributed by atoms with Gasteiger partial charge in [0.2, 0.25) is 12.3 Å². The number of thioether (sulfide) groups is 1. The summed E-state index contributed by atoms with van der Waals surface area (Å²) >= 11 is 1.48. The van der Waals surface area contributed by atoms with E-state index in [-0.39, 0.29) is 24.1 Å². The molecule has 0 radical (unpaired) electrons. The highest BCUT2D eigenvalue weighted by atomic mass is 32.2. The zero-order valence-corrected chi connectivity index (χ0v) is 19.1. The van der Waals surface area contributed by atoms with Gasteiger partial charge in [0, 0.05) is 42.0 Å². The Kier molecular flexibility index (Phi) is 10.2. The van der Waals surface area contributed by atoms with Crippen LogP contribution in [-0.4, -0.2) is 47.9 Å². The molecule has 1 atom stereocenters. The molecule has 1 saturated heterocycles. The number of hydrogen-bond donors (Lipinski definition) is 2. The quantitative estimate of drug-likeness (QED) is 0.307. The maximum Gasteiger partial charge on any atom is 0.242 e. The van der Waals surface area contributed by atoms with Gasteiger partial charge in [0.15, 0.2) is 0 Å². The van der Waals surface area contributed by atoms with Crippen molar-refractivity contribution in [2.24, 2.45) is 4.99 Å². The monoisotopic (exact) mass is 450 g/mol. The number of fused-ring (bicyclic) bond motifs is 1. The Bertz CT molecular complexity index is 801. The van der Waals surface area contributed by atoms with Crippen molar-refractivity contribution in [3.8, 4) is 0 Å². The average molecular weight is 451 g/mol. The van der Waals surface area contributed by atoms with Gasteiger partial charge < -0.3 is 15.6 Å². The maximum absolute atomic E-state index is 12.4. The Morgan fingerprint density at radius 3 is 2.90 bits per heavy atom. The molecular formula is C23H32F2N4OS. The Hall–Kier alpha value is -2.22. The second kappa shape index (κ2) is 12.6. The fourth-order valence-electron chi connectivity index (χ4n) is 3.57. The number of aliphatic imine (C=N–C) groups is 1. The molecule has 2 aliphatic rings. The first kappa shape index (κ1) is 25.0. The number of carbonyl (C=O) groups excluding carboxylic acids is 1. The summed E-state index contributed by atoms with van der Waals surface area (Å²) in [7, 11) is 0. The summed E-state index contributed by atoms with van der Waals surface area (Å²) in [6.07, 6.45) is 5.92. The van der Waals surface area contributed by atoms with Crippen LogP contribution >= 0.6 is 11.8 Å². The van der Waals surface area contributed by atoms with Crippen LogP contribution in [0.2, 0.25) is 0 Å². The van der Waals surface area contributed by atoms with Gasteiger partial charge in [-0.25, -0.2) is 8.78 Å². The molecule has 2 aliphatic heterocycles. The lowest BCUT2D eigenvalue weighted by molar-refractivity contribution is -0.121. The molecule has 0 saturated carbocycles. The number of unbranched alkanes of at least 4 members (excludes halogenated alkanes) is 2. The number of carbonyl (C=O) groups is 1. The molecule has 0 aromatic heterocycles. The van der Waals surface area contributed by atoms with Crippen LogP contribution in [0.25, 0.3) is 0 Å². The van der Waals surface area contributed by atoms with E-state index < -0.39 is 6.43 Å². The van der Waals surface area contributed by atoms with Gasteiger partial charge >= 0.3 is 0 Å². The lowest BCUT2D eigenvalue weighted by atomic mass is 10.0. The largest absolute Gasteiger partial charge is 0.351 e. The highest BCUT2D eigenvalue weighted by molar-refractivity contribution is 8.06. The molecule has 2 N–H and O–H groups in total. The zero-order valence-electron chi connectivity index (χ0n) is 18.3. The first-order valence-electron chi connectivity index (χ1n) is 10.7. The Morgan fingerprint density at radius 1 is 1.45 bits per heavy atom. The average Bonchev–Trinajstić information content (AvgIpc) is 3.14. The van der Waals surface area contributed by atoms with Gasteiger partial charge in [-0.1, -0.05) is 50.3 Å². The van der Waals surface area contributed by atoms with Crippen LogP contribution < -0.4 is 5.32 Å². The highest BCUT2D eigenvalue weighted by Crippen LogP contribution is 2.33. The predicted molar refractivity (Wildman–Crippen MR) is 126 cm³/mol. The minimum absolute atomic E-state index is 0.0351. The molecule has 5 nitrogen and oxygen atoms in total. The van der Waals surface area contributed by atoms with Crippen LogP contribution in [0.3, 0.4) is 0 Å². The number of allylic oxidation sites excluding steroid dienone is 3. The molecular weight excluding hydrogens is 418 g/mol. The molecule has 0 aromatic rings. The molecule has 2 heterocycles. The second-order valence-corrected chi connectivity index (χ2v) is 8.56. The molecule has 8 heteroatoms. The van der Waals surface area contributed by atoms with Crippen LogP contribution in [0, 0.1) is 5.41 Å². The van der Waals surface area contributed by atoms with E-state index in [1.54, 1.807) is 0 Å². The van der Waals surface area contributed by atoms with Crippen molar-refractivity contribution in [3.05, 3.63) is 46.4 Å². The highest BCUT2D eigenvalue weighted by Gasteiger charge is 2.36. The van der Waals surface area contributed by atoms with Crippen LogP contribution in [-0.2, 0) is 4.79 Å². The van der Waals surface area contributed by atoms with E-state index in [0.717, 1.165) is 35.7 Å². The van der Waals surface area contributed by atoms with E-state index in [1.807, 2.05) is 23.3 Å². The maximum atomic E-state index is 12.4. The molecule has 0 aromatic carbocycles. The van der Waals surface area contributed by atoms with E-state index in [9.17, 15) is 13.6 Å². The van der Waals surface area contributed by atoms with Gasteiger partial charge in [-0.3, -0.25) is 9.79 Å². The molecule has 31 heavy (non-hydrogen) atoms. The minimum Gasteiger partial charge on any atom is -0.351 e. The Morgan fingerprint density at radius 2 is 2.23 bits per heavy atom. The fourth-order valence-corrected chi connectivity index (χ4v) is 4.15. The molecule has 2 rings (SSSR count). The van der Waals surface area contributed by atoms with E-state index >= 15 is 0 Å². The number of rotatable bonds is 12. The lowest BCUT2D eigenvalue weighted by Gasteiger charge is -2.29. The summed E-state index contributed by atoms with van der Waals surface area (Å²) in [6, 6.07) is -0.0835. The molecule has 170 valence electrons. The Balaban J connectivity index is 2.18. The van der Waals surface area contributed by atoms with Crippen LogP contribution in [0.1, 0.15) is 52.4 Å². The van der Waals surface area contributed by atoms with E-state index in [2.05, 4.69) is 23.8 Å². The van der Waals surface area contributed by atoms with Gasteiger partial charge in [-0.15, -0.1) is 0 Å². The summed E-state index contributed by atoms with van der Waals surface area (Å²) in [5.74, 6) is 0.780. The summed E-state index contributed by atoms with van der Waals surface area (Å²) in [5, 5.41) is 13.4. The number of nitrogens with zero attached hydrogens (tertiary/aromatic N) is 2. The molecule has 1 fully saturated rings. The number of amides is 1. The third-order valence-electron chi connectivity index (χ3n) is 5.05. The second-order valence-electron chi connectivity index (χ2n) is 7.55. The lowest BCUT2D eigenvalue weighted by Crippen LogP contribution is -2.39. The van der Waals surface area contributed by atoms with Gasteiger partial charge in [-0.05, 0) is 24.8 Å². The van der Waals surface area contributed by atoms with Crippen LogP contribution in [0.4, 0.5) is 8.78 Å². The third-order valence-corrected chi connectivity index (χ3v) is 5.93. The first-order valence-corrected chi connectivity index (χ1v) is 11.6. The normalized spacial score (nSPS) is 18.8. The number of hydrogen-bond acceptors (Lipinski definition) is 5. The van der Waals surface area contributed by atoms with Gasteiger partial charge in [0.25, 0.3) is 0 Å². The van der Waals surface area contributed by atoms with Gasteiger partial charge in [-0.2, -0.15) is 0 Å². The summed E-state index contributed by atoms with van der Waals surface area (Å²) in [6.45, 7) is 9.01. The van der Waals surface area contributed by atoms with E-state index in [0.29, 0.717) is 31.5 Å². The van der Waals surface area contributed by atoms with Crippen molar-refractivity contribution >= 4 is 29.2 Å². The standard InChI is InChI=1S/C23H32F2N4OS/c1-4-6-7-11-22(30)28-17-13-20-18(19(26)9-8-10-21(24)25)14-27-23(29(20)15-17)16(3)31-12-5-2/h5,8-9,12,17,21,26H,3-4,6-7,10-11,13-15H2,1-2H3,(H,28,30)/b9-8-,12-5-,26-19?. The van der Waals surface area contributed by atoms with Crippen LogP contribution in [0.5, 0.6) is 0 Å². The summed E-state index contributed by atoms with van der Waals surface area (Å²) < 4.78 is 24.9. The molecule has 1 amide bonds. The molecule has 0 aliphatic carbocycles. The summed E-state index contributed by atoms with van der Waals surface area (Å²) in [4.78, 5) is 19.8. The number of alkyl halides is 2. The third kappa shape index (κ3) is 7.45. The number of halogens is 2. The molecule has 1 unspecified atom stereocenters.